The Hall–Kier alpha value is 0.776. The van der Waals surface area contributed by atoms with Gasteiger partial charge in [-0.15, -0.1) is 5.92 Å². The molecule has 0 aliphatic carbocycles. The Morgan fingerprint density at radius 1 is 1.64 bits per heavy atom. The van der Waals surface area contributed by atoms with Crippen molar-refractivity contribution < 1.29 is 61.0 Å². The Kier molecular flexibility index (Phi) is 5.81. The average Bonchev–Trinajstić information content (AvgIpc) is 1.95. The van der Waals surface area contributed by atoms with E-state index in [2.05, 4.69) is 0 Å². The van der Waals surface area contributed by atoms with E-state index in [1.54, 1.807) is 11.9 Å². The zero-order chi connectivity index (χ0) is 7.56. The van der Waals surface area contributed by atoms with Gasteiger partial charge in [-0.25, -0.2) is 0 Å². The molecule has 1 saturated heterocycles. The van der Waals surface area contributed by atoms with Crippen molar-refractivity contribution in [3.05, 3.63) is 0 Å². The van der Waals surface area contributed by atoms with Crippen LogP contribution in [0.3, 0.4) is 0 Å². The predicted octanol–water partition coefficient (Wildman–Crippen LogP) is -3.03. The minimum absolute atomic E-state index is 0. The van der Waals surface area contributed by atoms with Gasteiger partial charge in [-0.3, -0.25) is 11.1 Å². The smallest absolute Gasteiger partial charge is 0.541 e. The molecule has 11 heavy (non-hydrogen) atoms. The summed E-state index contributed by atoms with van der Waals surface area (Å²) >= 11 is 0. The Morgan fingerprint density at radius 2 is 2.27 bits per heavy atom. The molecular formula is C7H10KNO2. The Labute approximate surface area is 109 Å². The third kappa shape index (κ3) is 3.33. The van der Waals surface area contributed by atoms with E-state index in [-0.39, 0.29) is 63.2 Å². The fourth-order valence-electron chi connectivity index (χ4n) is 1.04. The first kappa shape index (κ1) is 11.8. The van der Waals surface area contributed by atoms with E-state index in [1.807, 2.05) is 6.29 Å². The van der Waals surface area contributed by atoms with E-state index in [9.17, 15) is 9.59 Å². The molecule has 0 N–H and O–H groups in total. The number of hydrogen-bond donors (Lipinski definition) is 0. The van der Waals surface area contributed by atoms with Gasteiger partial charge in [0.25, 0.3) is 0 Å². The van der Waals surface area contributed by atoms with Gasteiger partial charge in [0.2, 0.25) is 5.91 Å². The zero-order valence-electron chi connectivity index (χ0n) is 6.96. The Bertz CT molecular complexity index is 161. The molecule has 0 bridgehead atoms. The van der Waals surface area contributed by atoms with E-state index in [0.29, 0.717) is 13.0 Å². The monoisotopic (exact) mass is 179 g/mol. The minimum atomic E-state index is -0.149. The standard InChI is InChI=1S/C7H10NO2.K/c1-8-3-2-6(5-9)4-7(8)10;/h6H,2-4H2,1H3;/q-1;+1. The van der Waals surface area contributed by atoms with Crippen molar-refractivity contribution in [3.63, 3.8) is 0 Å². The number of amides is 1. The fraction of sp³-hybridized carbons (Fsp3) is 0.714. The summed E-state index contributed by atoms with van der Waals surface area (Å²) in [6.45, 7) is 0.693. The molecule has 1 fully saturated rings. The van der Waals surface area contributed by atoms with Gasteiger partial charge < -0.3 is 9.69 Å². The zero-order valence-corrected chi connectivity index (χ0v) is 10.1. The number of likely N-dealkylation sites (tertiary alicyclic amines) is 1. The van der Waals surface area contributed by atoms with Crippen LogP contribution in [0, 0.1) is 5.92 Å². The number of rotatable bonds is 1. The maximum Gasteiger partial charge on any atom is 1.00 e. The molecule has 4 heteroatoms. The molecule has 0 aromatic heterocycles. The molecular weight excluding hydrogens is 169 g/mol. The van der Waals surface area contributed by atoms with E-state index in [4.69, 9.17) is 0 Å². The van der Waals surface area contributed by atoms with Crippen molar-refractivity contribution in [1.29, 1.82) is 0 Å². The van der Waals surface area contributed by atoms with Gasteiger partial charge in [-0.2, -0.15) is 0 Å². The summed E-state index contributed by atoms with van der Waals surface area (Å²) < 4.78 is 0. The summed E-state index contributed by atoms with van der Waals surface area (Å²) in [5, 5.41) is 0. The van der Waals surface area contributed by atoms with Crippen LogP contribution in [0.5, 0.6) is 0 Å². The van der Waals surface area contributed by atoms with Gasteiger partial charge >= 0.3 is 51.4 Å². The molecule has 1 rings (SSSR count). The van der Waals surface area contributed by atoms with Crippen molar-refractivity contribution in [2.75, 3.05) is 13.6 Å². The van der Waals surface area contributed by atoms with Gasteiger partial charge in [-0.05, 0) is 0 Å². The van der Waals surface area contributed by atoms with E-state index < -0.39 is 0 Å². The summed E-state index contributed by atoms with van der Waals surface area (Å²) in [5.41, 5.74) is 0. The summed E-state index contributed by atoms with van der Waals surface area (Å²) in [5.74, 6) is -0.0942. The number of carbonyl (C=O) groups is 1. The Morgan fingerprint density at radius 3 is 2.73 bits per heavy atom. The van der Waals surface area contributed by atoms with Gasteiger partial charge in [0.15, 0.2) is 0 Å². The number of nitrogens with zero attached hydrogens (tertiary/aromatic N) is 1. The normalized spacial score (nSPS) is 24.3. The van der Waals surface area contributed by atoms with Crippen LogP contribution < -0.4 is 51.4 Å². The van der Waals surface area contributed by atoms with Crippen LogP contribution in [-0.2, 0) is 9.59 Å². The molecule has 0 saturated carbocycles. The van der Waals surface area contributed by atoms with E-state index in [1.165, 1.54) is 0 Å². The molecule has 1 atom stereocenters. The first-order valence-electron chi connectivity index (χ1n) is 3.35. The molecule has 0 aromatic carbocycles. The van der Waals surface area contributed by atoms with Gasteiger partial charge in [0, 0.05) is 20.0 Å². The molecule has 0 spiro atoms. The van der Waals surface area contributed by atoms with E-state index >= 15 is 0 Å². The van der Waals surface area contributed by atoms with Crippen LogP contribution in [-0.4, -0.2) is 30.7 Å². The van der Waals surface area contributed by atoms with Crippen LogP contribution >= 0.6 is 0 Å². The second-order valence-electron chi connectivity index (χ2n) is 2.62. The molecule has 3 nitrogen and oxygen atoms in total. The second kappa shape index (κ2) is 5.43. The SMILES string of the molecule is CN1CCC([C-]=O)CC1=O.[K+]. The molecule has 0 aromatic rings. The maximum absolute atomic E-state index is 10.9. The van der Waals surface area contributed by atoms with Gasteiger partial charge in [-0.1, -0.05) is 6.42 Å². The second-order valence-corrected chi connectivity index (χ2v) is 2.62. The average molecular weight is 179 g/mol. The quantitative estimate of drug-likeness (QED) is 0.317. The number of carbonyl (C=O) groups excluding carboxylic acids is 2. The van der Waals surface area contributed by atoms with Gasteiger partial charge in [0.05, 0.1) is 0 Å². The number of piperidine rings is 1. The third-order valence-corrected chi connectivity index (χ3v) is 1.83. The van der Waals surface area contributed by atoms with Crippen LogP contribution in [0.1, 0.15) is 12.8 Å². The largest absolute Gasteiger partial charge is 1.00 e. The summed E-state index contributed by atoms with van der Waals surface area (Å²) in [6.07, 6.45) is 2.97. The Balaban J connectivity index is 0.000001000. The molecule has 1 aliphatic heterocycles. The van der Waals surface area contributed by atoms with Crippen molar-refractivity contribution in [3.8, 4) is 0 Å². The molecule has 1 amide bonds. The predicted molar refractivity (Wildman–Crippen MR) is 36.1 cm³/mol. The van der Waals surface area contributed by atoms with Crippen molar-refractivity contribution >= 4 is 12.2 Å². The molecule has 0 radical (unpaired) electrons. The number of hydrogen-bond acceptors (Lipinski definition) is 2. The molecule has 1 unspecified atom stereocenters. The first-order valence-corrected chi connectivity index (χ1v) is 3.35. The molecule has 56 valence electrons. The van der Waals surface area contributed by atoms with Crippen LogP contribution in [0.4, 0.5) is 0 Å². The fourth-order valence-corrected chi connectivity index (χ4v) is 1.04. The molecule has 1 aliphatic rings. The summed E-state index contributed by atoms with van der Waals surface area (Å²) in [7, 11) is 1.75. The van der Waals surface area contributed by atoms with Crippen molar-refractivity contribution in [1.82, 2.24) is 4.90 Å². The van der Waals surface area contributed by atoms with Crippen molar-refractivity contribution in [2.45, 2.75) is 12.8 Å². The third-order valence-electron chi connectivity index (χ3n) is 1.83. The van der Waals surface area contributed by atoms with Crippen molar-refractivity contribution in [2.24, 2.45) is 5.92 Å². The summed E-state index contributed by atoms with van der Waals surface area (Å²) in [4.78, 5) is 22.7. The molecule has 1 heterocycles. The first-order chi connectivity index (χ1) is 4.74. The maximum atomic E-state index is 10.9. The van der Waals surface area contributed by atoms with Crippen LogP contribution in [0.25, 0.3) is 0 Å². The minimum Gasteiger partial charge on any atom is -0.541 e. The van der Waals surface area contributed by atoms with Crippen LogP contribution in [0.2, 0.25) is 0 Å². The van der Waals surface area contributed by atoms with E-state index in [0.717, 1.165) is 6.42 Å². The van der Waals surface area contributed by atoms with Crippen LogP contribution in [0.15, 0.2) is 0 Å². The summed E-state index contributed by atoms with van der Waals surface area (Å²) in [6, 6.07) is 0. The van der Waals surface area contributed by atoms with Gasteiger partial charge in [0.1, 0.15) is 0 Å². The topological polar surface area (TPSA) is 37.4 Å².